The van der Waals surface area contributed by atoms with Gasteiger partial charge in [-0.3, -0.25) is 0 Å². The molecule has 0 radical (unpaired) electrons. The minimum atomic E-state index is -0.205. The highest BCUT2D eigenvalue weighted by Gasteiger charge is 2.16. The summed E-state index contributed by atoms with van der Waals surface area (Å²) in [5.74, 6) is -0.205. The van der Waals surface area contributed by atoms with E-state index in [0.717, 1.165) is 24.1 Å². The molecule has 0 aromatic heterocycles. The topological polar surface area (TPSA) is 12.0 Å². The van der Waals surface area contributed by atoms with E-state index in [0.29, 0.717) is 15.6 Å². The number of hydrogen-bond donors (Lipinski definition) is 1. The molecule has 0 aliphatic heterocycles. The Kier molecular flexibility index (Phi) is 5.63. The number of halogens is 3. The number of hydrogen-bond acceptors (Lipinski definition) is 1. The van der Waals surface area contributed by atoms with Crippen LogP contribution in [0.25, 0.3) is 0 Å². The second kappa shape index (κ2) is 7.26. The number of benzene rings is 2. The summed E-state index contributed by atoms with van der Waals surface area (Å²) < 4.78 is 13.9. The lowest BCUT2D eigenvalue weighted by atomic mass is 9.97. The molecule has 0 fully saturated rings. The highest BCUT2D eigenvalue weighted by atomic mass is 35.5. The van der Waals surface area contributed by atoms with E-state index in [2.05, 4.69) is 12.2 Å². The monoisotopic (exact) mass is 325 g/mol. The summed E-state index contributed by atoms with van der Waals surface area (Å²) in [6.07, 6.45) is 0.985. The van der Waals surface area contributed by atoms with Crippen molar-refractivity contribution in [1.82, 2.24) is 5.32 Å². The van der Waals surface area contributed by atoms with Crippen molar-refractivity contribution in [2.45, 2.75) is 26.3 Å². The minimum absolute atomic E-state index is 0.128. The van der Waals surface area contributed by atoms with Gasteiger partial charge in [-0.15, -0.1) is 0 Å². The van der Waals surface area contributed by atoms with Crippen LogP contribution in [0.2, 0.25) is 10.0 Å². The third-order valence-electron chi connectivity index (χ3n) is 3.35. The normalized spacial score (nSPS) is 12.4. The third kappa shape index (κ3) is 4.19. The molecule has 2 aromatic carbocycles. The van der Waals surface area contributed by atoms with Crippen molar-refractivity contribution >= 4 is 23.2 Å². The SMILES string of the molecule is CCCNC(c1cc(Cl)cc(Cl)c1)c1ccc(C)c(F)c1. The largest absolute Gasteiger partial charge is 0.306 e. The van der Waals surface area contributed by atoms with Crippen LogP contribution in [0.5, 0.6) is 0 Å². The Morgan fingerprint density at radius 1 is 1.05 bits per heavy atom. The molecule has 0 aliphatic carbocycles. The zero-order valence-corrected chi connectivity index (χ0v) is 13.6. The molecule has 4 heteroatoms. The number of aryl methyl sites for hydroxylation is 1. The van der Waals surface area contributed by atoms with Gasteiger partial charge in [-0.05, 0) is 60.8 Å². The van der Waals surface area contributed by atoms with Gasteiger partial charge in [0.1, 0.15) is 5.82 Å². The van der Waals surface area contributed by atoms with Gasteiger partial charge in [0.25, 0.3) is 0 Å². The van der Waals surface area contributed by atoms with Crippen molar-refractivity contribution < 1.29 is 4.39 Å². The van der Waals surface area contributed by atoms with E-state index in [4.69, 9.17) is 23.2 Å². The van der Waals surface area contributed by atoms with Gasteiger partial charge in [0.2, 0.25) is 0 Å². The highest BCUT2D eigenvalue weighted by Crippen LogP contribution is 2.28. The molecule has 0 aliphatic rings. The van der Waals surface area contributed by atoms with Gasteiger partial charge in [-0.1, -0.05) is 42.3 Å². The molecule has 2 rings (SSSR count). The van der Waals surface area contributed by atoms with Gasteiger partial charge in [-0.25, -0.2) is 4.39 Å². The molecule has 0 bridgehead atoms. The quantitative estimate of drug-likeness (QED) is 0.762. The Morgan fingerprint density at radius 2 is 1.71 bits per heavy atom. The van der Waals surface area contributed by atoms with Crippen LogP contribution >= 0.6 is 23.2 Å². The van der Waals surface area contributed by atoms with Crippen molar-refractivity contribution in [3.05, 3.63) is 69.0 Å². The predicted molar refractivity (Wildman–Crippen MR) is 87.7 cm³/mol. The zero-order valence-electron chi connectivity index (χ0n) is 12.1. The summed E-state index contributed by atoms with van der Waals surface area (Å²) in [7, 11) is 0. The molecular formula is C17H18Cl2FN. The summed E-state index contributed by atoms with van der Waals surface area (Å²) in [6, 6.07) is 10.6. The molecular weight excluding hydrogens is 308 g/mol. The molecule has 1 atom stereocenters. The van der Waals surface area contributed by atoms with Crippen LogP contribution in [0.15, 0.2) is 36.4 Å². The summed E-state index contributed by atoms with van der Waals surface area (Å²) in [4.78, 5) is 0. The molecule has 0 heterocycles. The zero-order chi connectivity index (χ0) is 15.4. The molecule has 1 nitrogen and oxygen atoms in total. The first kappa shape index (κ1) is 16.3. The van der Waals surface area contributed by atoms with E-state index in [1.165, 1.54) is 0 Å². The predicted octanol–water partition coefficient (Wildman–Crippen LogP) is 5.53. The van der Waals surface area contributed by atoms with Crippen LogP contribution in [0.1, 0.15) is 36.1 Å². The molecule has 0 saturated carbocycles. The maximum atomic E-state index is 13.9. The number of nitrogens with one attached hydrogen (secondary N) is 1. The maximum absolute atomic E-state index is 13.9. The van der Waals surface area contributed by atoms with Gasteiger partial charge in [-0.2, -0.15) is 0 Å². The summed E-state index contributed by atoms with van der Waals surface area (Å²) in [5, 5.41) is 4.57. The lowest BCUT2D eigenvalue weighted by molar-refractivity contribution is 0.582. The lowest BCUT2D eigenvalue weighted by Crippen LogP contribution is -2.23. The van der Waals surface area contributed by atoms with Gasteiger partial charge in [0.05, 0.1) is 6.04 Å². The standard InChI is InChI=1S/C17H18Cl2FN/c1-3-6-21-17(12-5-4-11(2)16(20)9-12)13-7-14(18)10-15(19)8-13/h4-5,7-10,17,21H,3,6H2,1-2H3. The van der Waals surface area contributed by atoms with E-state index in [9.17, 15) is 4.39 Å². The fourth-order valence-electron chi connectivity index (χ4n) is 2.25. The Bertz CT molecular complexity index is 608. The first-order valence-corrected chi connectivity index (χ1v) is 7.72. The van der Waals surface area contributed by atoms with Crippen LogP contribution in [0.4, 0.5) is 4.39 Å². The van der Waals surface area contributed by atoms with E-state index >= 15 is 0 Å². The average molecular weight is 326 g/mol. The van der Waals surface area contributed by atoms with E-state index in [1.807, 2.05) is 18.2 Å². The summed E-state index contributed by atoms with van der Waals surface area (Å²) in [6.45, 7) is 4.67. The van der Waals surface area contributed by atoms with E-state index in [-0.39, 0.29) is 11.9 Å². The smallest absolute Gasteiger partial charge is 0.126 e. The number of rotatable bonds is 5. The minimum Gasteiger partial charge on any atom is -0.306 e. The van der Waals surface area contributed by atoms with Crippen LogP contribution < -0.4 is 5.32 Å². The van der Waals surface area contributed by atoms with Gasteiger partial charge >= 0.3 is 0 Å². The molecule has 2 aromatic rings. The molecule has 21 heavy (non-hydrogen) atoms. The second-order valence-corrected chi connectivity index (χ2v) is 5.97. The first-order valence-electron chi connectivity index (χ1n) is 6.96. The molecule has 0 saturated heterocycles. The lowest BCUT2D eigenvalue weighted by Gasteiger charge is -2.20. The maximum Gasteiger partial charge on any atom is 0.126 e. The van der Waals surface area contributed by atoms with Crippen molar-refractivity contribution in [2.75, 3.05) is 6.54 Å². The Hall–Kier alpha value is -1.09. The van der Waals surface area contributed by atoms with Crippen LogP contribution in [-0.4, -0.2) is 6.54 Å². The average Bonchev–Trinajstić information content (AvgIpc) is 2.42. The summed E-state index contributed by atoms with van der Waals surface area (Å²) in [5.41, 5.74) is 2.44. The second-order valence-electron chi connectivity index (χ2n) is 5.10. The van der Waals surface area contributed by atoms with Gasteiger partial charge < -0.3 is 5.32 Å². The fraction of sp³-hybridized carbons (Fsp3) is 0.294. The molecule has 0 amide bonds. The Morgan fingerprint density at radius 3 is 2.29 bits per heavy atom. The highest BCUT2D eigenvalue weighted by molar-refractivity contribution is 6.34. The van der Waals surface area contributed by atoms with Crippen molar-refractivity contribution in [3.8, 4) is 0 Å². The van der Waals surface area contributed by atoms with Crippen molar-refractivity contribution in [1.29, 1.82) is 0 Å². The summed E-state index contributed by atoms with van der Waals surface area (Å²) >= 11 is 12.2. The van der Waals surface area contributed by atoms with Gasteiger partial charge in [0, 0.05) is 10.0 Å². The molecule has 0 spiro atoms. The fourth-order valence-corrected chi connectivity index (χ4v) is 2.79. The molecule has 1 N–H and O–H groups in total. The van der Waals surface area contributed by atoms with E-state index in [1.54, 1.807) is 25.1 Å². The van der Waals surface area contributed by atoms with Crippen molar-refractivity contribution in [3.63, 3.8) is 0 Å². The Labute approximate surface area is 135 Å². The molecule has 112 valence electrons. The van der Waals surface area contributed by atoms with Crippen LogP contribution in [0.3, 0.4) is 0 Å². The Balaban J connectivity index is 2.43. The van der Waals surface area contributed by atoms with Gasteiger partial charge in [0.15, 0.2) is 0 Å². The van der Waals surface area contributed by atoms with Crippen LogP contribution in [0, 0.1) is 12.7 Å². The van der Waals surface area contributed by atoms with Crippen molar-refractivity contribution in [2.24, 2.45) is 0 Å². The molecule has 1 unspecified atom stereocenters. The van der Waals surface area contributed by atoms with Crippen LogP contribution in [-0.2, 0) is 0 Å². The van der Waals surface area contributed by atoms with E-state index < -0.39 is 0 Å². The third-order valence-corrected chi connectivity index (χ3v) is 3.78. The first-order chi connectivity index (χ1) is 10.0.